The normalized spacial score (nSPS) is 27.7. The summed E-state index contributed by atoms with van der Waals surface area (Å²) < 4.78 is 5.09. The van der Waals surface area contributed by atoms with Gasteiger partial charge in [0.2, 0.25) is 0 Å². The molecule has 88 valence electrons. The number of carbonyl (C=O) groups is 1. The molecule has 1 fully saturated rings. The molecule has 0 aromatic rings. The molecule has 1 amide bonds. The number of rotatable bonds is 0. The van der Waals surface area contributed by atoms with E-state index in [4.69, 9.17) is 4.74 Å². The number of amides is 1. The first-order chi connectivity index (χ1) is 6.79. The molecule has 0 radical (unpaired) electrons. The zero-order valence-corrected chi connectivity index (χ0v) is 9.23. The minimum absolute atomic E-state index is 0.0239. The molecule has 1 aliphatic heterocycles. The zero-order valence-electron chi connectivity index (χ0n) is 9.23. The second-order valence-electron chi connectivity index (χ2n) is 4.59. The Hall–Kier alpha value is -0.850. The van der Waals surface area contributed by atoms with Crippen LogP contribution < -0.4 is 5.43 Å². The number of hydrogen-bond acceptors (Lipinski definition) is 5. The van der Waals surface area contributed by atoms with Gasteiger partial charge in [-0.3, -0.25) is 0 Å². The average molecular weight is 218 g/mol. The molecule has 6 nitrogen and oxygen atoms in total. The fraction of sp³-hybridized carbons (Fsp3) is 0.889. The number of aliphatic hydroxyl groups excluding tert-OH is 2. The summed E-state index contributed by atoms with van der Waals surface area (Å²) in [4.78, 5) is 11.5. The largest absolute Gasteiger partial charge is 0.443 e. The van der Waals surface area contributed by atoms with Crippen molar-refractivity contribution in [3.8, 4) is 0 Å². The lowest BCUT2D eigenvalue weighted by Gasteiger charge is -2.34. The van der Waals surface area contributed by atoms with Gasteiger partial charge in [-0.05, 0) is 20.8 Å². The Morgan fingerprint density at radius 2 is 2.00 bits per heavy atom. The minimum atomic E-state index is -0.932. The second kappa shape index (κ2) is 4.34. The first kappa shape index (κ1) is 12.2. The number of carbonyl (C=O) groups excluding carboxylic acids is 1. The van der Waals surface area contributed by atoms with E-state index in [0.29, 0.717) is 0 Å². The lowest BCUT2D eigenvalue weighted by Crippen LogP contribution is -2.59. The van der Waals surface area contributed by atoms with E-state index in [1.807, 2.05) is 0 Å². The third-order valence-electron chi connectivity index (χ3n) is 1.92. The Bertz CT molecular complexity index is 239. The van der Waals surface area contributed by atoms with Crippen LogP contribution in [0.15, 0.2) is 0 Å². The van der Waals surface area contributed by atoms with Crippen molar-refractivity contribution in [3.63, 3.8) is 0 Å². The van der Waals surface area contributed by atoms with Crippen LogP contribution in [0, 0.1) is 0 Å². The molecule has 2 atom stereocenters. The molecule has 15 heavy (non-hydrogen) atoms. The van der Waals surface area contributed by atoms with E-state index in [-0.39, 0.29) is 13.1 Å². The van der Waals surface area contributed by atoms with Crippen LogP contribution in [0.2, 0.25) is 0 Å². The van der Waals surface area contributed by atoms with Crippen molar-refractivity contribution < 1.29 is 19.7 Å². The van der Waals surface area contributed by atoms with E-state index >= 15 is 0 Å². The van der Waals surface area contributed by atoms with Crippen molar-refractivity contribution in [1.82, 2.24) is 10.4 Å². The predicted octanol–water partition coefficient (Wildman–Crippen LogP) is -0.536. The van der Waals surface area contributed by atoms with E-state index < -0.39 is 23.9 Å². The van der Waals surface area contributed by atoms with Gasteiger partial charge in [-0.25, -0.2) is 15.2 Å². The van der Waals surface area contributed by atoms with Gasteiger partial charge in [0.15, 0.2) is 0 Å². The minimum Gasteiger partial charge on any atom is -0.443 e. The summed E-state index contributed by atoms with van der Waals surface area (Å²) in [5.74, 6) is 0. The van der Waals surface area contributed by atoms with Crippen molar-refractivity contribution in [3.05, 3.63) is 0 Å². The van der Waals surface area contributed by atoms with Crippen LogP contribution in [0.1, 0.15) is 20.8 Å². The molecule has 1 saturated heterocycles. The third-order valence-corrected chi connectivity index (χ3v) is 1.92. The van der Waals surface area contributed by atoms with Gasteiger partial charge in [0.05, 0.1) is 12.6 Å². The second-order valence-corrected chi connectivity index (χ2v) is 4.59. The maximum absolute atomic E-state index is 11.5. The molecule has 0 spiro atoms. The zero-order chi connectivity index (χ0) is 11.6. The van der Waals surface area contributed by atoms with E-state index in [9.17, 15) is 15.0 Å². The van der Waals surface area contributed by atoms with Crippen molar-refractivity contribution >= 4 is 6.09 Å². The summed E-state index contributed by atoms with van der Waals surface area (Å²) >= 11 is 0. The number of hydrogen-bond donors (Lipinski definition) is 3. The van der Waals surface area contributed by atoms with Crippen LogP contribution >= 0.6 is 0 Å². The van der Waals surface area contributed by atoms with Crippen LogP contribution in [0.25, 0.3) is 0 Å². The number of aliphatic hydroxyl groups is 2. The Labute approximate surface area is 88.8 Å². The highest BCUT2D eigenvalue weighted by atomic mass is 16.6. The highest BCUT2D eigenvalue weighted by Crippen LogP contribution is 2.11. The molecule has 1 rings (SSSR count). The van der Waals surface area contributed by atoms with Crippen LogP contribution in [-0.2, 0) is 4.74 Å². The smallest absolute Gasteiger partial charge is 0.424 e. The summed E-state index contributed by atoms with van der Waals surface area (Å²) in [5, 5.41) is 19.7. The van der Waals surface area contributed by atoms with Crippen LogP contribution in [0.4, 0.5) is 4.79 Å². The van der Waals surface area contributed by atoms with Gasteiger partial charge < -0.3 is 14.9 Å². The fourth-order valence-electron chi connectivity index (χ4n) is 1.17. The quantitative estimate of drug-likeness (QED) is 0.509. The molecular formula is C9H18N2O4. The van der Waals surface area contributed by atoms with Crippen molar-refractivity contribution in [1.29, 1.82) is 0 Å². The average Bonchev–Trinajstić information content (AvgIpc) is 2.06. The maximum atomic E-state index is 11.5. The summed E-state index contributed by atoms with van der Waals surface area (Å²) in [6.07, 6.45) is -2.32. The topological polar surface area (TPSA) is 82.0 Å². The van der Waals surface area contributed by atoms with E-state index in [1.165, 1.54) is 5.01 Å². The van der Waals surface area contributed by atoms with Gasteiger partial charge in [-0.15, -0.1) is 0 Å². The molecule has 6 heteroatoms. The van der Waals surface area contributed by atoms with Crippen molar-refractivity contribution in [2.75, 3.05) is 13.1 Å². The Kier molecular flexibility index (Phi) is 3.54. The van der Waals surface area contributed by atoms with E-state index in [0.717, 1.165) is 0 Å². The number of ether oxygens (including phenoxy) is 1. The number of β-amino-alcohol motifs (C(OH)–C–C–N with tert-alkyl or cyclic N) is 2. The van der Waals surface area contributed by atoms with Gasteiger partial charge >= 0.3 is 6.09 Å². The maximum Gasteiger partial charge on any atom is 0.424 e. The Balaban J connectivity index is 2.48. The lowest BCUT2D eigenvalue weighted by molar-refractivity contribution is -0.0617. The van der Waals surface area contributed by atoms with E-state index in [2.05, 4.69) is 5.43 Å². The third kappa shape index (κ3) is 3.65. The van der Waals surface area contributed by atoms with Gasteiger partial charge in [-0.1, -0.05) is 0 Å². The summed E-state index contributed by atoms with van der Waals surface area (Å²) in [5.41, 5.74) is 2.10. The summed E-state index contributed by atoms with van der Waals surface area (Å²) in [6.45, 7) is 5.46. The molecule has 0 bridgehead atoms. The molecule has 0 saturated carbocycles. The first-order valence-corrected chi connectivity index (χ1v) is 4.90. The monoisotopic (exact) mass is 218 g/mol. The number of nitrogens with zero attached hydrogens (tertiary/aromatic N) is 1. The van der Waals surface area contributed by atoms with Crippen LogP contribution in [-0.4, -0.2) is 52.2 Å². The summed E-state index contributed by atoms with van der Waals surface area (Å²) in [7, 11) is 0. The van der Waals surface area contributed by atoms with Crippen LogP contribution in [0.5, 0.6) is 0 Å². The fourth-order valence-corrected chi connectivity index (χ4v) is 1.17. The molecule has 1 aliphatic rings. The van der Waals surface area contributed by atoms with Gasteiger partial charge in [0, 0.05) is 6.54 Å². The first-order valence-electron chi connectivity index (χ1n) is 4.90. The number of hydrazine groups is 1. The Morgan fingerprint density at radius 1 is 1.40 bits per heavy atom. The number of nitrogens with one attached hydrogen (secondary N) is 1. The highest BCUT2D eigenvalue weighted by Gasteiger charge is 2.31. The SMILES string of the molecule is CC(C)(C)OC(=O)N1C[C@@H](O)[C@@H](O)CN1. The molecule has 3 N–H and O–H groups in total. The van der Waals surface area contributed by atoms with Crippen molar-refractivity contribution in [2.45, 2.75) is 38.6 Å². The molecule has 1 heterocycles. The van der Waals surface area contributed by atoms with E-state index in [1.54, 1.807) is 20.8 Å². The van der Waals surface area contributed by atoms with Gasteiger partial charge in [-0.2, -0.15) is 0 Å². The molecule has 0 aliphatic carbocycles. The molecular weight excluding hydrogens is 200 g/mol. The standard InChI is InChI=1S/C9H18N2O4/c1-9(2,3)15-8(14)11-5-7(13)6(12)4-10-11/h6-7,10,12-13H,4-5H2,1-3H3/t6-,7+/m0/s1. The van der Waals surface area contributed by atoms with Crippen molar-refractivity contribution in [2.24, 2.45) is 0 Å². The molecule has 0 unspecified atom stereocenters. The summed E-state index contributed by atoms with van der Waals surface area (Å²) in [6, 6.07) is 0. The van der Waals surface area contributed by atoms with Gasteiger partial charge in [0.25, 0.3) is 0 Å². The molecule has 0 aromatic carbocycles. The highest BCUT2D eigenvalue weighted by molar-refractivity contribution is 5.67. The predicted molar refractivity (Wildman–Crippen MR) is 53.0 cm³/mol. The Morgan fingerprint density at radius 3 is 2.47 bits per heavy atom. The van der Waals surface area contributed by atoms with Gasteiger partial charge in [0.1, 0.15) is 11.7 Å². The van der Waals surface area contributed by atoms with Crippen LogP contribution in [0.3, 0.4) is 0 Å². The lowest BCUT2D eigenvalue weighted by atomic mass is 10.2. The molecule has 0 aromatic heterocycles.